The molecule has 0 unspecified atom stereocenters. The van der Waals surface area contributed by atoms with Crippen molar-refractivity contribution in [3.05, 3.63) is 35.4 Å². The SMILES string of the molecule is NCc1cccc(C2CCSCC2)c1. The summed E-state index contributed by atoms with van der Waals surface area (Å²) in [7, 11) is 0. The fraction of sp³-hybridized carbons (Fsp3) is 0.500. The third kappa shape index (κ3) is 2.31. The van der Waals surface area contributed by atoms with Gasteiger partial charge in [0.1, 0.15) is 0 Å². The lowest BCUT2D eigenvalue weighted by Crippen LogP contribution is -2.08. The fourth-order valence-electron chi connectivity index (χ4n) is 2.00. The maximum absolute atomic E-state index is 5.64. The van der Waals surface area contributed by atoms with Crippen molar-refractivity contribution in [2.45, 2.75) is 25.3 Å². The van der Waals surface area contributed by atoms with Gasteiger partial charge in [-0.05, 0) is 41.4 Å². The Hall–Kier alpha value is -0.470. The van der Waals surface area contributed by atoms with Gasteiger partial charge in [-0.2, -0.15) is 11.8 Å². The van der Waals surface area contributed by atoms with Crippen LogP contribution in [0.5, 0.6) is 0 Å². The van der Waals surface area contributed by atoms with E-state index in [2.05, 4.69) is 36.0 Å². The third-order valence-corrected chi connectivity index (χ3v) is 3.93. The molecule has 1 nitrogen and oxygen atoms in total. The third-order valence-electron chi connectivity index (χ3n) is 2.88. The van der Waals surface area contributed by atoms with Crippen LogP contribution in [0.4, 0.5) is 0 Å². The van der Waals surface area contributed by atoms with Gasteiger partial charge in [-0.25, -0.2) is 0 Å². The maximum Gasteiger partial charge on any atom is 0.0178 e. The summed E-state index contributed by atoms with van der Waals surface area (Å²) in [5, 5.41) is 0. The molecular formula is C12H17NS. The summed E-state index contributed by atoms with van der Waals surface area (Å²) in [6.07, 6.45) is 2.66. The molecule has 0 amide bonds. The second-order valence-electron chi connectivity index (χ2n) is 3.84. The van der Waals surface area contributed by atoms with Gasteiger partial charge in [0.2, 0.25) is 0 Å². The van der Waals surface area contributed by atoms with Crippen molar-refractivity contribution in [3.63, 3.8) is 0 Å². The van der Waals surface area contributed by atoms with Gasteiger partial charge < -0.3 is 5.73 Å². The Balaban J connectivity index is 2.13. The quantitative estimate of drug-likeness (QED) is 0.807. The molecule has 1 fully saturated rings. The molecule has 0 radical (unpaired) electrons. The maximum atomic E-state index is 5.64. The average Bonchev–Trinajstić information content (AvgIpc) is 2.30. The summed E-state index contributed by atoms with van der Waals surface area (Å²) in [6.45, 7) is 0.662. The van der Waals surface area contributed by atoms with E-state index in [1.54, 1.807) is 0 Å². The first-order chi connectivity index (χ1) is 6.90. The standard InChI is InChI=1S/C12H17NS/c13-9-10-2-1-3-12(8-10)11-4-6-14-7-5-11/h1-3,8,11H,4-7,9,13H2. The zero-order valence-electron chi connectivity index (χ0n) is 8.41. The highest BCUT2D eigenvalue weighted by molar-refractivity contribution is 7.99. The number of benzene rings is 1. The Labute approximate surface area is 90.1 Å². The van der Waals surface area contributed by atoms with Crippen LogP contribution < -0.4 is 5.73 Å². The van der Waals surface area contributed by atoms with Gasteiger partial charge in [0.05, 0.1) is 0 Å². The molecule has 2 N–H and O–H groups in total. The number of nitrogens with two attached hydrogens (primary N) is 1. The molecule has 1 aliphatic rings. The number of hydrogen-bond donors (Lipinski definition) is 1. The molecule has 0 aliphatic carbocycles. The van der Waals surface area contributed by atoms with E-state index >= 15 is 0 Å². The van der Waals surface area contributed by atoms with Crippen LogP contribution in [0, 0.1) is 0 Å². The molecule has 1 aromatic rings. The summed E-state index contributed by atoms with van der Waals surface area (Å²) in [4.78, 5) is 0. The number of thioether (sulfide) groups is 1. The summed E-state index contributed by atoms with van der Waals surface area (Å²) in [5.41, 5.74) is 8.40. The van der Waals surface area contributed by atoms with Crippen LogP contribution in [0.15, 0.2) is 24.3 Å². The van der Waals surface area contributed by atoms with Gasteiger partial charge in [0, 0.05) is 6.54 Å². The van der Waals surface area contributed by atoms with E-state index in [4.69, 9.17) is 5.73 Å². The highest BCUT2D eigenvalue weighted by Gasteiger charge is 2.15. The summed E-state index contributed by atoms with van der Waals surface area (Å²) in [6, 6.07) is 8.78. The summed E-state index contributed by atoms with van der Waals surface area (Å²) in [5.74, 6) is 3.41. The van der Waals surface area contributed by atoms with E-state index in [-0.39, 0.29) is 0 Å². The van der Waals surface area contributed by atoms with E-state index in [1.807, 2.05) is 0 Å². The molecule has 2 heteroatoms. The monoisotopic (exact) mass is 207 g/mol. The molecule has 0 aromatic heterocycles. The predicted octanol–water partition coefficient (Wildman–Crippen LogP) is 2.76. The van der Waals surface area contributed by atoms with E-state index in [9.17, 15) is 0 Å². The van der Waals surface area contributed by atoms with Crippen LogP contribution >= 0.6 is 11.8 Å². The first-order valence-electron chi connectivity index (χ1n) is 5.27. The molecule has 0 atom stereocenters. The Bertz CT molecular complexity index is 292. The normalized spacial score (nSPS) is 18.4. The molecule has 1 aliphatic heterocycles. The first kappa shape index (κ1) is 10.1. The van der Waals surface area contributed by atoms with E-state index in [1.165, 1.54) is 35.5 Å². The molecule has 0 spiro atoms. The summed E-state index contributed by atoms with van der Waals surface area (Å²) >= 11 is 2.08. The molecule has 0 bridgehead atoms. The fourth-order valence-corrected chi connectivity index (χ4v) is 3.11. The topological polar surface area (TPSA) is 26.0 Å². The van der Waals surface area contributed by atoms with Gasteiger partial charge in [0.25, 0.3) is 0 Å². The number of hydrogen-bond acceptors (Lipinski definition) is 2. The minimum atomic E-state index is 0.662. The van der Waals surface area contributed by atoms with Crippen molar-refractivity contribution in [2.24, 2.45) is 5.73 Å². The molecule has 1 aromatic carbocycles. The molecule has 76 valence electrons. The average molecular weight is 207 g/mol. The molecule has 1 saturated heterocycles. The van der Waals surface area contributed by atoms with Gasteiger partial charge in [0.15, 0.2) is 0 Å². The van der Waals surface area contributed by atoms with Gasteiger partial charge in [-0.1, -0.05) is 24.3 Å². The molecule has 14 heavy (non-hydrogen) atoms. The smallest absolute Gasteiger partial charge is 0.0178 e. The second-order valence-corrected chi connectivity index (χ2v) is 5.06. The van der Waals surface area contributed by atoms with Crippen molar-refractivity contribution in [3.8, 4) is 0 Å². The van der Waals surface area contributed by atoms with Crippen molar-refractivity contribution in [1.29, 1.82) is 0 Å². The Morgan fingerprint density at radius 1 is 1.29 bits per heavy atom. The Kier molecular flexibility index (Phi) is 3.49. The van der Waals surface area contributed by atoms with Crippen molar-refractivity contribution < 1.29 is 0 Å². The van der Waals surface area contributed by atoms with Gasteiger partial charge in [-0.3, -0.25) is 0 Å². The van der Waals surface area contributed by atoms with Crippen molar-refractivity contribution >= 4 is 11.8 Å². The van der Waals surface area contributed by atoms with Crippen LogP contribution in [0.25, 0.3) is 0 Å². The van der Waals surface area contributed by atoms with Gasteiger partial charge >= 0.3 is 0 Å². The van der Waals surface area contributed by atoms with Gasteiger partial charge in [-0.15, -0.1) is 0 Å². The summed E-state index contributed by atoms with van der Waals surface area (Å²) < 4.78 is 0. The highest BCUT2D eigenvalue weighted by atomic mass is 32.2. The lowest BCUT2D eigenvalue weighted by atomic mass is 9.92. The van der Waals surface area contributed by atoms with Crippen LogP contribution in [0.2, 0.25) is 0 Å². The van der Waals surface area contributed by atoms with Crippen molar-refractivity contribution in [1.82, 2.24) is 0 Å². The van der Waals surface area contributed by atoms with E-state index < -0.39 is 0 Å². The van der Waals surface area contributed by atoms with Crippen molar-refractivity contribution in [2.75, 3.05) is 11.5 Å². The van der Waals surface area contributed by atoms with Crippen LogP contribution in [0.3, 0.4) is 0 Å². The lowest BCUT2D eigenvalue weighted by molar-refractivity contribution is 0.636. The van der Waals surface area contributed by atoms with Crippen LogP contribution in [0.1, 0.15) is 29.9 Å². The van der Waals surface area contributed by atoms with E-state index in [0.29, 0.717) is 6.54 Å². The Morgan fingerprint density at radius 3 is 2.79 bits per heavy atom. The molecular weight excluding hydrogens is 190 g/mol. The molecule has 0 saturated carbocycles. The zero-order chi connectivity index (χ0) is 9.80. The second kappa shape index (κ2) is 4.85. The predicted molar refractivity (Wildman–Crippen MR) is 63.6 cm³/mol. The highest BCUT2D eigenvalue weighted by Crippen LogP contribution is 2.31. The Morgan fingerprint density at radius 2 is 2.07 bits per heavy atom. The van der Waals surface area contributed by atoms with Crippen LogP contribution in [-0.4, -0.2) is 11.5 Å². The van der Waals surface area contributed by atoms with E-state index in [0.717, 1.165) is 5.92 Å². The lowest BCUT2D eigenvalue weighted by Gasteiger charge is -2.22. The minimum absolute atomic E-state index is 0.662. The number of rotatable bonds is 2. The first-order valence-corrected chi connectivity index (χ1v) is 6.42. The molecule has 2 rings (SSSR count). The zero-order valence-corrected chi connectivity index (χ0v) is 9.22. The van der Waals surface area contributed by atoms with Crippen LogP contribution in [-0.2, 0) is 6.54 Å². The largest absolute Gasteiger partial charge is 0.326 e. The minimum Gasteiger partial charge on any atom is -0.326 e. The molecule has 1 heterocycles.